The Morgan fingerprint density at radius 2 is 2.29 bits per heavy atom. The number of hydrogen-bond acceptors (Lipinski definition) is 2. The molecule has 0 spiro atoms. The number of nitrogens with one attached hydrogen (secondary N) is 1. The van der Waals surface area contributed by atoms with Crippen LogP contribution in [0.3, 0.4) is 0 Å². The molecule has 1 aliphatic rings. The zero-order valence-corrected chi connectivity index (χ0v) is 8.38. The van der Waals surface area contributed by atoms with Gasteiger partial charge in [-0.2, -0.15) is 0 Å². The van der Waals surface area contributed by atoms with Crippen LogP contribution in [0.5, 0.6) is 5.75 Å². The van der Waals surface area contributed by atoms with E-state index in [1.807, 2.05) is 0 Å². The van der Waals surface area contributed by atoms with Gasteiger partial charge >= 0.3 is 0 Å². The largest absolute Gasteiger partial charge is 0.486 e. The van der Waals surface area contributed by atoms with Crippen molar-refractivity contribution in [3.05, 3.63) is 24.0 Å². The van der Waals surface area contributed by atoms with Gasteiger partial charge in [-0.15, -0.1) is 0 Å². The second kappa shape index (κ2) is 3.48. The van der Waals surface area contributed by atoms with Crippen LogP contribution in [-0.4, -0.2) is 12.6 Å². The quantitative estimate of drug-likeness (QED) is 0.743. The Morgan fingerprint density at radius 1 is 1.50 bits per heavy atom. The number of hydrogen-bond donors (Lipinski definition) is 1. The van der Waals surface area contributed by atoms with Crippen LogP contribution < -0.4 is 10.1 Å². The van der Waals surface area contributed by atoms with E-state index in [-0.39, 0.29) is 11.9 Å². The Labute approximate surface area is 83.1 Å². The molecule has 1 atom stereocenters. The van der Waals surface area contributed by atoms with Crippen LogP contribution in [0.15, 0.2) is 18.2 Å². The third kappa shape index (κ3) is 1.67. The summed E-state index contributed by atoms with van der Waals surface area (Å²) in [5.74, 6) is 0.972. The highest BCUT2D eigenvalue weighted by molar-refractivity contribution is 5.58. The fraction of sp³-hybridized carbons (Fsp3) is 0.455. The normalized spacial score (nSPS) is 19.9. The number of ether oxygens (including phenoxy) is 1. The van der Waals surface area contributed by atoms with Gasteiger partial charge in [0.2, 0.25) is 0 Å². The average Bonchev–Trinajstić information content (AvgIpc) is 2.16. The summed E-state index contributed by atoms with van der Waals surface area (Å²) in [4.78, 5) is 0. The highest BCUT2D eigenvalue weighted by Gasteiger charge is 2.21. The molecule has 0 aliphatic carbocycles. The molecule has 2 rings (SSSR count). The van der Waals surface area contributed by atoms with E-state index >= 15 is 0 Å². The van der Waals surface area contributed by atoms with Crippen molar-refractivity contribution in [3.63, 3.8) is 0 Å². The lowest BCUT2D eigenvalue weighted by molar-refractivity contribution is 0.156. The van der Waals surface area contributed by atoms with Gasteiger partial charge in [-0.1, -0.05) is 13.8 Å². The molecule has 76 valence electrons. The van der Waals surface area contributed by atoms with E-state index in [1.54, 1.807) is 6.07 Å². The van der Waals surface area contributed by atoms with Crippen molar-refractivity contribution in [2.24, 2.45) is 5.92 Å². The maximum atomic E-state index is 12.9. The monoisotopic (exact) mass is 195 g/mol. The van der Waals surface area contributed by atoms with Gasteiger partial charge in [-0.05, 0) is 18.1 Å². The minimum Gasteiger partial charge on any atom is -0.486 e. The molecule has 2 nitrogen and oxygen atoms in total. The van der Waals surface area contributed by atoms with Crippen molar-refractivity contribution in [1.82, 2.24) is 0 Å². The SMILES string of the molecule is CC(C)C1CNc2cc(F)ccc2O1. The maximum absolute atomic E-state index is 12.9. The number of halogens is 1. The first-order chi connectivity index (χ1) is 6.66. The van der Waals surface area contributed by atoms with Gasteiger partial charge in [0.15, 0.2) is 0 Å². The Morgan fingerprint density at radius 3 is 3.00 bits per heavy atom. The zero-order chi connectivity index (χ0) is 10.1. The molecule has 1 unspecified atom stereocenters. The van der Waals surface area contributed by atoms with Crippen molar-refractivity contribution >= 4 is 5.69 Å². The van der Waals surface area contributed by atoms with Crippen LogP contribution >= 0.6 is 0 Å². The zero-order valence-electron chi connectivity index (χ0n) is 8.38. The maximum Gasteiger partial charge on any atom is 0.143 e. The van der Waals surface area contributed by atoms with E-state index in [0.717, 1.165) is 18.0 Å². The summed E-state index contributed by atoms with van der Waals surface area (Å²) in [7, 11) is 0. The minimum atomic E-state index is -0.233. The third-order valence-electron chi connectivity index (χ3n) is 2.46. The van der Waals surface area contributed by atoms with Crippen LogP contribution in [0, 0.1) is 11.7 Å². The first-order valence-corrected chi connectivity index (χ1v) is 4.87. The minimum absolute atomic E-state index is 0.174. The third-order valence-corrected chi connectivity index (χ3v) is 2.46. The number of rotatable bonds is 1. The molecule has 1 aromatic carbocycles. The van der Waals surface area contributed by atoms with Crippen LogP contribution in [0.1, 0.15) is 13.8 Å². The molecular formula is C11H14FNO. The van der Waals surface area contributed by atoms with Gasteiger partial charge in [0, 0.05) is 6.07 Å². The molecule has 0 amide bonds. The van der Waals surface area contributed by atoms with E-state index in [2.05, 4.69) is 19.2 Å². The van der Waals surface area contributed by atoms with Crippen LogP contribution in [-0.2, 0) is 0 Å². The predicted octanol–water partition coefficient (Wildman–Crippen LogP) is 2.65. The van der Waals surface area contributed by atoms with Crippen molar-refractivity contribution < 1.29 is 9.13 Å². The summed E-state index contributed by atoms with van der Waals surface area (Å²) < 4.78 is 18.6. The Hall–Kier alpha value is -1.25. The average molecular weight is 195 g/mol. The lowest BCUT2D eigenvalue weighted by Crippen LogP contribution is -2.34. The molecule has 1 N–H and O–H groups in total. The van der Waals surface area contributed by atoms with E-state index in [1.165, 1.54) is 12.1 Å². The number of benzene rings is 1. The van der Waals surface area contributed by atoms with Crippen LogP contribution in [0.4, 0.5) is 10.1 Å². The molecule has 0 fully saturated rings. The van der Waals surface area contributed by atoms with E-state index in [0.29, 0.717) is 5.92 Å². The molecule has 0 saturated heterocycles. The summed E-state index contributed by atoms with van der Waals surface area (Å²) >= 11 is 0. The predicted molar refractivity (Wildman–Crippen MR) is 54.1 cm³/mol. The highest BCUT2D eigenvalue weighted by Crippen LogP contribution is 2.30. The molecule has 1 heterocycles. The molecule has 0 radical (unpaired) electrons. The van der Waals surface area contributed by atoms with Crippen LogP contribution in [0.25, 0.3) is 0 Å². The summed E-state index contributed by atoms with van der Waals surface area (Å²) in [6.45, 7) is 4.97. The van der Waals surface area contributed by atoms with E-state index in [4.69, 9.17) is 4.74 Å². The van der Waals surface area contributed by atoms with Gasteiger partial charge in [-0.25, -0.2) is 4.39 Å². The van der Waals surface area contributed by atoms with Gasteiger partial charge < -0.3 is 10.1 Å². The Balaban J connectivity index is 2.23. The van der Waals surface area contributed by atoms with Crippen molar-refractivity contribution in [3.8, 4) is 5.75 Å². The smallest absolute Gasteiger partial charge is 0.143 e. The van der Waals surface area contributed by atoms with E-state index in [9.17, 15) is 4.39 Å². The summed E-state index contributed by atoms with van der Waals surface area (Å²) in [5.41, 5.74) is 0.752. The van der Waals surface area contributed by atoms with Gasteiger partial charge in [0.25, 0.3) is 0 Å². The Bertz CT molecular complexity index is 338. The fourth-order valence-electron chi connectivity index (χ4n) is 1.53. The second-order valence-electron chi connectivity index (χ2n) is 3.92. The number of fused-ring (bicyclic) bond motifs is 1. The van der Waals surface area contributed by atoms with E-state index < -0.39 is 0 Å². The molecular weight excluding hydrogens is 181 g/mol. The Kier molecular flexibility index (Phi) is 2.32. The molecule has 14 heavy (non-hydrogen) atoms. The molecule has 1 aliphatic heterocycles. The molecule has 1 aromatic rings. The van der Waals surface area contributed by atoms with Gasteiger partial charge in [0.05, 0.1) is 12.2 Å². The molecule has 0 bridgehead atoms. The summed E-state index contributed by atoms with van der Waals surface area (Å²) in [5, 5.41) is 3.17. The number of anilines is 1. The first-order valence-electron chi connectivity index (χ1n) is 4.87. The van der Waals surface area contributed by atoms with Gasteiger partial charge in [-0.3, -0.25) is 0 Å². The fourth-order valence-corrected chi connectivity index (χ4v) is 1.53. The molecule has 0 saturated carbocycles. The summed E-state index contributed by atoms with van der Waals surface area (Å²) in [6, 6.07) is 4.56. The lowest BCUT2D eigenvalue weighted by atomic mass is 10.1. The topological polar surface area (TPSA) is 21.3 Å². The highest BCUT2D eigenvalue weighted by atomic mass is 19.1. The first kappa shape index (κ1) is 9.31. The second-order valence-corrected chi connectivity index (χ2v) is 3.92. The van der Waals surface area contributed by atoms with Gasteiger partial charge in [0.1, 0.15) is 17.7 Å². The molecule has 3 heteroatoms. The van der Waals surface area contributed by atoms with Crippen molar-refractivity contribution in [2.45, 2.75) is 20.0 Å². The summed E-state index contributed by atoms with van der Waals surface area (Å²) in [6.07, 6.45) is 0.174. The standard InChI is InChI=1S/C11H14FNO/c1-7(2)11-6-13-9-5-8(12)3-4-10(9)14-11/h3-5,7,11,13H,6H2,1-2H3. The van der Waals surface area contributed by atoms with Crippen molar-refractivity contribution in [1.29, 1.82) is 0 Å². The van der Waals surface area contributed by atoms with Crippen molar-refractivity contribution in [2.75, 3.05) is 11.9 Å². The molecule has 0 aromatic heterocycles. The lowest BCUT2D eigenvalue weighted by Gasteiger charge is -2.29. The van der Waals surface area contributed by atoms with Crippen LogP contribution in [0.2, 0.25) is 0 Å².